The second kappa shape index (κ2) is 9.11. The highest BCUT2D eigenvalue weighted by Crippen LogP contribution is 2.25. The van der Waals surface area contributed by atoms with Gasteiger partial charge in [0.05, 0.1) is 17.1 Å². The van der Waals surface area contributed by atoms with Gasteiger partial charge in [-0.1, -0.05) is 48.5 Å². The number of hydrogen-bond acceptors (Lipinski definition) is 5. The Hall–Kier alpha value is -4.85. The molecule has 0 unspecified atom stereocenters. The minimum absolute atomic E-state index is 0.296. The van der Waals surface area contributed by atoms with E-state index in [2.05, 4.69) is 20.4 Å². The van der Waals surface area contributed by atoms with Gasteiger partial charge in [-0.25, -0.2) is 19.3 Å². The molecule has 33 heavy (non-hydrogen) atoms. The molecule has 5 rings (SSSR count). The molecule has 0 aliphatic carbocycles. The maximum Gasteiger partial charge on any atom is 0.248 e. The summed E-state index contributed by atoms with van der Waals surface area (Å²) in [5.74, 6) is 0.189. The van der Waals surface area contributed by atoms with E-state index in [9.17, 15) is 4.79 Å². The van der Waals surface area contributed by atoms with Crippen molar-refractivity contribution in [3.8, 4) is 22.8 Å². The summed E-state index contributed by atoms with van der Waals surface area (Å²) in [6.45, 7) is 0. The first kappa shape index (κ1) is 20.1. The Bertz CT molecular complexity index is 1390. The van der Waals surface area contributed by atoms with Crippen LogP contribution in [0.2, 0.25) is 0 Å². The van der Waals surface area contributed by atoms with Crippen LogP contribution < -0.4 is 5.32 Å². The maximum atomic E-state index is 12.7. The first-order valence-corrected chi connectivity index (χ1v) is 10.3. The van der Waals surface area contributed by atoms with Crippen molar-refractivity contribution in [1.82, 2.24) is 29.5 Å². The predicted molar refractivity (Wildman–Crippen MR) is 126 cm³/mol. The van der Waals surface area contributed by atoms with Crippen LogP contribution in [0.3, 0.4) is 0 Å². The lowest BCUT2D eigenvalue weighted by Gasteiger charge is -2.07. The fourth-order valence-electron chi connectivity index (χ4n) is 3.38. The molecule has 8 nitrogen and oxygen atoms in total. The first-order chi connectivity index (χ1) is 16.3. The number of carbonyl (C=O) groups excluding carboxylic acids is 1. The van der Waals surface area contributed by atoms with Crippen LogP contribution in [-0.2, 0) is 4.79 Å². The van der Waals surface area contributed by atoms with Gasteiger partial charge in [-0.2, -0.15) is 10.2 Å². The number of aromatic nitrogens is 6. The number of para-hydroxylation sites is 1. The van der Waals surface area contributed by atoms with Crippen LogP contribution in [0, 0.1) is 0 Å². The summed E-state index contributed by atoms with van der Waals surface area (Å²) in [6.07, 6.45) is 9.72. The summed E-state index contributed by atoms with van der Waals surface area (Å²) < 4.78 is 3.31. The van der Waals surface area contributed by atoms with E-state index < -0.39 is 0 Å². The molecule has 0 atom stereocenters. The lowest BCUT2D eigenvalue weighted by molar-refractivity contribution is -0.111. The van der Waals surface area contributed by atoms with Crippen molar-refractivity contribution in [3.05, 3.63) is 109 Å². The van der Waals surface area contributed by atoms with Crippen LogP contribution >= 0.6 is 0 Å². The molecule has 0 spiro atoms. The standard InChI is InChI=1S/C25H19N7O/c33-23(29-22-12-7-15-27-25(22)32-18-26-17-28-32)14-13-20-16-31(21-10-5-2-6-11-21)30-24(20)19-8-3-1-4-9-19/h1-18H,(H,29,33)/b14-13+. The molecule has 5 aromatic rings. The van der Waals surface area contributed by atoms with Crippen LogP contribution in [-0.4, -0.2) is 35.4 Å². The molecule has 0 aliphatic heterocycles. The number of pyridine rings is 1. The highest BCUT2D eigenvalue weighted by molar-refractivity contribution is 6.03. The van der Waals surface area contributed by atoms with Crippen LogP contribution in [0.1, 0.15) is 5.56 Å². The molecule has 3 aromatic heterocycles. The number of hydrogen-bond donors (Lipinski definition) is 1. The lowest BCUT2D eigenvalue weighted by atomic mass is 10.1. The SMILES string of the molecule is O=C(/C=C/c1cn(-c2ccccc2)nc1-c1ccccc1)Nc1cccnc1-n1cncn1. The number of nitrogens with one attached hydrogen (secondary N) is 1. The van der Waals surface area contributed by atoms with Gasteiger partial charge in [-0.15, -0.1) is 0 Å². The van der Waals surface area contributed by atoms with Gasteiger partial charge in [-0.05, 0) is 30.3 Å². The summed E-state index contributed by atoms with van der Waals surface area (Å²) in [6, 6.07) is 23.2. The average molecular weight is 433 g/mol. The quantitative estimate of drug-likeness (QED) is 0.406. The molecule has 0 fully saturated rings. The molecule has 0 bridgehead atoms. The number of amides is 1. The van der Waals surface area contributed by atoms with Crippen LogP contribution in [0.25, 0.3) is 28.8 Å². The van der Waals surface area contributed by atoms with Crippen LogP contribution in [0.5, 0.6) is 0 Å². The average Bonchev–Trinajstić information content (AvgIpc) is 3.55. The Balaban J connectivity index is 1.44. The van der Waals surface area contributed by atoms with Gasteiger partial charge in [-0.3, -0.25) is 4.79 Å². The maximum absolute atomic E-state index is 12.7. The summed E-state index contributed by atoms with van der Waals surface area (Å²) in [5, 5.41) is 11.7. The van der Waals surface area contributed by atoms with E-state index in [1.165, 1.54) is 23.4 Å². The molecular weight excluding hydrogens is 414 g/mol. The fourth-order valence-corrected chi connectivity index (χ4v) is 3.38. The Morgan fingerprint density at radius 3 is 2.45 bits per heavy atom. The lowest BCUT2D eigenvalue weighted by Crippen LogP contribution is -2.12. The molecule has 8 heteroatoms. The van der Waals surface area contributed by atoms with Gasteiger partial charge < -0.3 is 5.32 Å². The summed E-state index contributed by atoms with van der Waals surface area (Å²) in [7, 11) is 0. The zero-order valence-corrected chi connectivity index (χ0v) is 17.5. The van der Waals surface area contributed by atoms with E-state index in [4.69, 9.17) is 5.10 Å². The van der Waals surface area contributed by atoms with E-state index >= 15 is 0 Å². The monoisotopic (exact) mass is 433 g/mol. The molecular formula is C25H19N7O. The molecule has 1 N–H and O–H groups in total. The van der Waals surface area contributed by atoms with Gasteiger partial charge in [0.25, 0.3) is 0 Å². The number of carbonyl (C=O) groups is 1. The van der Waals surface area contributed by atoms with Crippen LogP contribution in [0.4, 0.5) is 5.69 Å². The second-order valence-electron chi connectivity index (χ2n) is 7.12. The van der Waals surface area contributed by atoms with Crippen molar-refractivity contribution in [2.75, 3.05) is 5.32 Å². The first-order valence-electron chi connectivity index (χ1n) is 10.3. The van der Waals surface area contributed by atoms with Crippen molar-refractivity contribution in [3.63, 3.8) is 0 Å². The van der Waals surface area contributed by atoms with E-state index in [0.717, 1.165) is 22.5 Å². The Morgan fingerprint density at radius 2 is 1.70 bits per heavy atom. The predicted octanol–water partition coefficient (Wildman–Crippen LogP) is 4.17. The third-order valence-electron chi connectivity index (χ3n) is 4.91. The van der Waals surface area contributed by atoms with Crippen molar-refractivity contribution >= 4 is 17.7 Å². The minimum atomic E-state index is -0.296. The Morgan fingerprint density at radius 1 is 0.909 bits per heavy atom. The summed E-state index contributed by atoms with van der Waals surface area (Å²) in [4.78, 5) is 21.0. The molecule has 0 saturated heterocycles. The highest BCUT2D eigenvalue weighted by Gasteiger charge is 2.12. The van der Waals surface area contributed by atoms with Crippen molar-refractivity contribution in [1.29, 1.82) is 0 Å². The molecule has 0 aliphatic rings. The van der Waals surface area contributed by atoms with E-state index in [1.54, 1.807) is 24.4 Å². The second-order valence-corrected chi connectivity index (χ2v) is 7.12. The van der Waals surface area contributed by atoms with Crippen molar-refractivity contribution in [2.24, 2.45) is 0 Å². The highest BCUT2D eigenvalue weighted by atomic mass is 16.1. The Kier molecular flexibility index (Phi) is 5.54. The van der Waals surface area contributed by atoms with E-state index in [1.807, 2.05) is 71.5 Å². The summed E-state index contributed by atoms with van der Waals surface area (Å²) >= 11 is 0. The zero-order chi connectivity index (χ0) is 22.5. The largest absolute Gasteiger partial charge is 0.319 e. The minimum Gasteiger partial charge on any atom is -0.319 e. The summed E-state index contributed by atoms with van der Waals surface area (Å²) in [5.41, 5.74) is 4.04. The van der Waals surface area contributed by atoms with Gasteiger partial charge in [0.2, 0.25) is 5.91 Å². The number of rotatable bonds is 6. The molecule has 1 amide bonds. The third-order valence-corrected chi connectivity index (χ3v) is 4.91. The van der Waals surface area contributed by atoms with Gasteiger partial charge >= 0.3 is 0 Å². The molecule has 0 radical (unpaired) electrons. The van der Waals surface area contributed by atoms with E-state index in [-0.39, 0.29) is 5.91 Å². The number of benzene rings is 2. The molecule has 2 aromatic carbocycles. The fraction of sp³-hybridized carbons (Fsp3) is 0. The topological polar surface area (TPSA) is 90.5 Å². The van der Waals surface area contributed by atoms with Gasteiger partial charge in [0, 0.05) is 29.6 Å². The Labute approximate surface area is 189 Å². The van der Waals surface area contributed by atoms with Crippen LogP contribution in [0.15, 0.2) is 104 Å². The van der Waals surface area contributed by atoms with Gasteiger partial charge in [0.1, 0.15) is 12.7 Å². The smallest absolute Gasteiger partial charge is 0.248 e. The molecule has 160 valence electrons. The van der Waals surface area contributed by atoms with E-state index in [0.29, 0.717) is 11.5 Å². The molecule has 0 saturated carbocycles. The number of nitrogens with zero attached hydrogens (tertiary/aromatic N) is 6. The molecule has 3 heterocycles. The normalized spacial score (nSPS) is 11.0. The zero-order valence-electron chi connectivity index (χ0n) is 17.5. The van der Waals surface area contributed by atoms with Crippen molar-refractivity contribution in [2.45, 2.75) is 0 Å². The third kappa shape index (κ3) is 4.45. The number of anilines is 1. The van der Waals surface area contributed by atoms with Gasteiger partial charge in [0.15, 0.2) is 5.82 Å². The van der Waals surface area contributed by atoms with Crippen molar-refractivity contribution < 1.29 is 4.79 Å².